The standard InChI is InChI=1S/C25H38N8O3/c1-3-4-19(7-11-34)29-24-23-21(30-25(26)31-24)15-28-33(23)16-18-14-27-20(13-22(18)36-2)17-5-8-32(9-6-17)10-12-35/h13-15,17,19,34-35H,3-12,16H2,1-2H3,(H3,26,29,30,31)/t19-/m0/s1. The number of hydrogen-bond donors (Lipinski definition) is 4. The van der Waals surface area contributed by atoms with E-state index in [1.807, 2.05) is 16.9 Å². The van der Waals surface area contributed by atoms with E-state index >= 15 is 0 Å². The highest BCUT2D eigenvalue weighted by Crippen LogP contribution is 2.31. The Morgan fingerprint density at radius 2 is 1.97 bits per heavy atom. The number of nitrogens with zero attached hydrogens (tertiary/aromatic N) is 6. The predicted molar refractivity (Wildman–Crippen MR) is 139 cm³/mol. The van der Waals surface area contributed by atoms with E-state index in [4.69, 9.17) is 15.5 Å². The van der Waals surface area contributed by atoms with Crippen molar-refractivity contribution >= 4 is 22.8 Å². The number of fused-ring (bicyclic) bond motifs is 1. The molecule has 11 nitrogen and oxygen atoms in total. The van der Waals surface area contributed by atoms with Gasteiger partial charge in [-0.2, -0.15) is 10.1 Å². The number of nitrogen functional groups attached to an aromatic ring is 1. The van der Waals surface area contributed by atoms with Gasteiger partial charge in [0.25, 0.3) is 0 Å². The van der Waals surface area contributed by atoms with Crippen molar-refractivity contribution in [2.45, 2.75) is 57.5 Å². The fraction of sp³-hybridized carbons (Fsp3) is 0.600. The number of anilines is 2. The lowest BCUT2D eigenvalue weighted by molar-refractivity contribution is 0.163. The molecule has 0 unspecified atom stereocenters. The highest BCUT2D eigenvalue weighted by atomic mass is 16.5. The lowest BCUT2D eigenvalue weighted by Gasteiger charge is -2.31. The molecular formula is C25H38N8O3. The number of nitrogens with two attached hydrogens (primary N) is 1. The molecule has 36 heavy (non-hydrogen) atoms. The Balaban J connectivity index is 1.58. The first-order chi connectivity index (χ1) is 17.6. The van der Waals surface area contributed by atoms with E-state index in [1.165, 1.54) is 0 Å². The molecule has 0 bridgehead atoms. The number of methoxy groups -OCH3 is 1. The Morgan fingerprint density at radius 1 is 1.17 bits per heavy atom. The van der Waals surface area contributed by atoms with Crippen LogP contribution in [0.15, 0.2) is 18.5 Å². The quantitative estimate of drug-likeness (QED) is 0.292. The number of aliphatic hydroxyl groups excluding tert-OH is 2. The minimum atomic E-state index is 0.0696. The second kappa shape index (κ2) is 12.3. The van der Waals surface area contributed by atoms with Crippen molar-refractivity contribution in [2.75, 3.05) is 51.0 Å². The Labute approximate surface area is 211 Å². The summed E-state index contributed by atoms with van der Waals surface area (Å²) in [6, 6.07) is 2.11. The second-order valence-electron chi connectivity index (χ2n) is 9.37. The topological polar surface area (TPSA) is 147 Å². The first-order valence-corrected chi connectivity index (χ1v) is 12.8. The first kappa shape index (κ1) is 26.1. The monoisotopic (exact) mass is 498 g/mol. The zero-order valence-electron chi connectivity index (χ0n) is 21.2. The molecule has 196 valence electrons. The number of rotatable bonds is 12. The molecule has 0 saturated carbocycles. The van der Waals surface area contributed by atoms with Gasteiger partial charge in [-0.1, -0.05) is 13.3 Å². The van der Waals surface area contributed by atoms with Crippen molar-refractivity contribution < 1.29 is 14.9 Å². The van der Waals surface area contributed by atoms with E-state index in [1.54, 1.807) is 13.3 Å². The van der Waals surface area contributed by atoms with Gasteiger partial charge in [-0.05, 0) is 38.8 Å². The summed E-state index contributed by atoms with van der Waals surface area (Å²) in [5, 5.41) is 26.7. The van der Waals surface area contributed by atoms with Gasteiger partial charge in [0.1, 0.15) is 16.8 Å². The molecule has 5 N–H and O–H groups in total. The van der Waals surface area contributed by atoms with Crippen LogP contribution in [0.3, 0.4) is 0 Å². The van der Waals surface area contributed by atoms with Crippen molar-refractivity contribution in [3.63, 3.8) is 0 Å². The van der Waals surface area contributed by atoms with Crippen LogP contribution in [0.5, 0.6) is 5.75 Å². The summed E-state index contributed by atoms with van der Waals surface area (Å²) < 4.78 is 7.59. The lowest BCUT2D eigenvalue weighted by Crippen LogP contribution is -2.35. The minimum Gasteiger partial charge on any atom is -0.496 e. The van der Waals surface area contributed by atoms with Gasteiger partial charge in [0, 0.05) is 48.6 Å². The lowest BCUT2D eigenvalue weighted by atomic mass is 9.92. The summed E-state index contributed by atoms with van der Waals surface area (Å²) in [6.45, 7) is 5.50. The number of piperidine rings is 1. The molecule has 4 heterocycles. The maximum Gasteiger partial charge on any atom is 0.222 e. The van der Waals surface area contributed by atoms with Crippen molar-refractivity contribution in [1.29, 1.82) is 0 Å². The third kappa shape index (κ3) is 6.03. The molecule has 0 aliphatic carbocycles. The van der Waals surface area contributed by atoms with E-state index in [2.05, 4.69) is 32.2 Å². The van der Waals surface area contributed by atoms with Gasteiger partial charge in [0.15, 0.2) is 5.82 Å². The smallest absolute Gasteiger partial charge is 0.222 e. The Kier molecular flexibility index (Phi) is 8.89. The van der Waals surface area contributed by atoms with Crippen molar-refractivity contribution in [3.8, 4) is 5.75 Å². The number of hydrogen-bond acceptors (Lipinski definition) is 10. The van der Waals surface area contributed by atoms with Crippen LogP contribution < -0.4 is 15.8 Å². The summed E-state index contributed by atoms with van der Waals surface area (Å²) in [5.74, 6) is 1.94. The van der Waals surface area contributed by atoms with Crippen LogP contribution in [-0.4, -0.2) is 85.8 Å². The van der Waals surface area contributed by atoms with Crippen LogP contribution in [0.25, 0.3) is 11.0 Å². The van der Waals surface area contributed by atoms with Gasteiger partial charge in [-0.25, -0.2) is 4.98 Å². The van der Waals surface area contributed by atoms with E-state index in [0.717, 1.165) is 67.8 Å². The molecule has 3 aromatic heterocycles. The number of aliphatic hydroxyl groups is 2. The maximum atomic E-state index is 9.48. The molecule has 0 aromatic carbocycles. The van der Waals surface area contributed by atoms with E-state index in [-0.39, 0.29) is 25.2 Å². The third-order valence-corrected chi connectivity index (χ3v) is 6.89. The van der Waals surface area contributed by atoms with Gasteiger partial charge >= 0.3 is 0 Å². The summed E-state index contributed by atoms with van der Waals surface area (Å²) in [5.41, 5.74) is 9.33. The Morgan fingerprint density at radius 3 is 2.67 bits per heavy atom. The zero-order chi connectivity index (χ0) is 25.5. The van der Waals surface area contributed by atoms with Gasteiger partial charge < -0.3 is 30.9 Å². The average Bonchev–Trinajstić information content (AvgIpc) is 3.27. The molecule has 0 spiro atoms. The van der Waals surface area contributed by atoms with E-state index < -0.39 is 0 Å². The first-order valence-electron chi connectivity index (χ1n) is 12.8. The van der Waals surface area contributed by atoms with Crippen LogP contribution in [0, 0.1) is 0 Å². The van der Waals surface area contributed by atoms with Crippen molar-refractivity contribution in [3.05, 3.63) is 29.7 Å². The molecule has 1 aliphatic heterocycles. The molecule has 1 aliphatic rings. The molecule has 1 fully saturated rings. The van der Waals surface area contributed by atoms with Gasteiger partial charge in [0.2, 0.25) is 5.95 Å². The van der Waals surface area contributed by atoms with Gasteiger partial charge in [0.05, 0.1) is 26.5 Å². The number of nitrogens with one attached hydrogen (secondary N) is 1. The summed E-state index contributed by atoms with van der Waals surface area (Å²) in [7, 11) is 1.68. The number of likely N-dealkylation sites (tertiary alicyclic amines) is 1. The molecule has 0 radical (unpaired) electrons. The normalized spacial score (nSPS) is 15.9. The SMILES string of the molecule is CCC[C@@H](CCO)Nc1nc(N)nc2cnn(Cc3cnc(C4CCN(CCO)CC4)cc3OC)c12. The zero-order valence-corrected chi connectivity index (χ0v) is 21.2. The molecular weight excluding hydrogens is 460 g/mol. The molecule has 1 atom stereocenters. The summed E-state index contributed by atoms with van der Waals surface area (Å²) >= 11 is 0. The molecule has 11 heteroatoms. The van der Waals surface area contributed by atoms with E-state index in [9.17, 15) is 10.2 Å². The van der Waals surface area contributed by atoms with Crippen LogP contribution >= 0.6 is 0 Å². The van der Waals surface area contributed by atoms with Crippen LogP contribution in [0.2, 0.25) is 0 Å². The van der Waals surface area contributed by atoms with Gasteiger partial charge in [-0.3, -0.25) is 9.67 Å². The van der Waals surface area contributed by atoms with Crippen LogP contribution in [0.4, 0.5) is 11.8 Å². The Hall–Kier alpha value is -3.02. The highest BCUT2D eigenvalue weighted by molar-refractivity contribution is 5.86. The number of ether oxygens (including phenoxy) is 1. The molecule has 3 aromatic rings. The van der Waals surface area contributed by atoms with E-state index in [0.29, 0.717) is 30.2 Å². The van der Waals surface area contributed by atoms with Crippen molar-refractivity contribution in [2.24, 2.45) is 0 Å². The van der Waals surface area contributed by atoms with Crippen LogP contribution in [0.1, 0.15) is 56.2 Å². The summed E-state index contributed by atoms with van der Waals surface area (Å²) in [4.78, 5) is 15.9. The highest BCUT2D eigenvalue weighted by Gasteiger charge is 2.23. The number of aromatic nitrogens is 5. The predicted octanol–water partition coefficient (Wildman–Crippen LogP) is 2.00. The average molecular weight is 499 g/mol. The molecule has 1 saturated heterocycles. The number of pyridine rings is 1. The maximum absolute atomic E-state index is 9.48. The minimum absolute atomic E-state index is 0.0696. The van der Waals surface area contributed by atoms with Gasteiger partial charge in [-0.15, -0.1) is 0 Å². The number of β-amino-alcohol motifs (C(OH)–C–C–N with tert-alkyl or cyclic N) is 1. The molecule has 0 amide bonds. The van der Waals surface area contributed by atoms with Crippen LogP contribution in [-0.2, 0) is 6.54 Å². The second-order valence-corrected chi connectivity index (χ2v) is 9.37. The fourth-order valence-corrected chi connectivity index (χ4v) is 4.99. The van der Waals surface area contributed by atoms with Crippen molar-refractivity contribution in [1.82, 2.24) is 29.6 Å². The third-order valence-electron chi connectivity index (χ3n) is 6.89. The largest absolute Gasteiger partial charge is 0.496 e. The Bertz CT molecular complexity index is 1120. The molecule has 4 rings (SSSR count). The summed E-state index contributed by atoms with van der Waals surface area (Å²) in [6.07, 6.45) is 8.09. The fourth-order valence-electron chi connectivity index (χ4n) is 4.99.